The van der Waals surface area contributed by atoms with Crippen LogP contribution in [0.5, 0.6) is 0 Å². The minimum absolute atomic E-state index is 0.264. The molecule has 1 aromatic rings. The van der Waals surface area contributed by atoms with Crippen molar-refractivity contribution in [3.63, 3.8) is 0 Å². The maximum atomic E-state index is 13.5. The first-order valence-electron chi connectivity index (χ1n) is 7.45. The summed E-state index contributed by atoms with van der Waals surface area (Å²) in [5.74, 6) is 0.261. The fraction of sp³-hybridized carbons (Fsp3) is 0.625. The number of halogens is 2. The van der Waals surface area contributed by atoms with Gasteiger partial charge in [0.05, 0.1) is 5.02 Å². The predicted molar refractivity (Wildman–Crippen MR) is 82.5 cm³/mol. The van der Waals surface area contributed by atoms with Crippen molar-refractivity contribution < 1.29 is 4.39 Å². The van der Waals surface area contributed by atoms with Crippen LogP contribution in [0.25, 0.3) is 0 Å². The fourth-order valence-corrected chi connectivity index (χ4v) is 3.04. The Morgan fingerprint density at radius 3 is 2.90 bits per heavy atom. The van der Waals surface area contributed by atoms with Gasteiger partial charge in [-0.1, -0.05) is 37.6 Å². The van der Waals surface area contributed by atoms with Crippen LogP contribution in [0.1, 0.15) is 32.3 Å². The summed E-state index contributed by atoms with van der Waals surface area (Å²) in [6.45, 7) is 8.26. The van der Waals surface area contributed by atoms with E-state index in [1.807, 2.05) is 6.07 Å². The van der Waals surface area contributed by atoms with Gasteiger partial charge in [-0.15, -0.1) is 0 Å². The molecule has 1 unspecified atom stereocenters. The lowest BCUT2D eigenvalue weighted by atomic mass is 10.1. The zero-order valence-corrected chi connectivity index (χ0v) is 13.1. The zero-order valence-electron chi connectivity index (χ0n) is 12.3. The van der Waals surface area contributed by atoms with Gasteiger partial charge in [0.2, 0.25) is 0 Å². The fourth-order valence-electron chi connectivity index (χ4n) is 2.86. The van der Waals surface area contributed by atoms with E-state index in [0.29, 0.717) is 18.5 Å². The predicted octanol–water partition coefficient (Wildman–Crippen LogP) is 3.69. The molecule has 4 heteroatoms. The molecule has 0 aliphatic carbocycles. The number of rotatable bonds is 6. The van der Waals surface area contributed by atoms with Crippen molar-refractivity contribution in [2.24, 2.45) is 5.92 Å². The van der Waals surface area contributed by atoms with Crippen molar-refractivity contribution in [1.82, 2.24) is 10.2 Å². The van der Waals surface area contributed by atoms with Gasteiger partial charge < -0.3 is 5.32 Å². The van der Waals surface area contributed by atoms with Crippen LogP contribution in [0.15, 0.2) is 18.2 Å². The summed E-state index contributed by atoms with van der Waals surface area (Å²) in [5.41, 5.74) is 0.880. The normalized spacial score (nSPS) is 19.2. The number of benzene rings is 1. The van der Waals surface area contributed by atoms with E-state index in [1.54, 1.807) is 6.07 Å². The molecule has 1 saturated heterocycles. The van der Waals surface area contributed by atoms with Crippen LogP contribution >= 0.6 is 11.6 Å². The summed E-state index contributed by atoms with van der Waals surface area (Å²) in [6, 6.07) is 5.62. The van der Waals surface area contributed by atoms with Crippen LogP contribution in [-0.2, 0) is 6.54 Å². The summed E-state index contributed by atoms with van der Waals surface area (Å²) < 4.78 is 13.5. The van der Waals surface area contributed by atoms with E-state index in [0.717, 1.165) is 25.2 Å². The van der Waals surface area contributed by atoms with E-state index in [4.69, 9.17) is 11.6 Å². The maximum absolute atomic E-state index is 13.5. The molecule has 0 bridgehead atoms. The molecule has 1 atom stereocenters. The van der Waals surface area contributed by atoms with Gasteiger partial charge in [-0.25, -0.2) is 4.39 Å². The van der Waals surface area contributed by atoms with Gasteiger partial charge in [0, 0.05) is 25.7 Å². The average Bonchev–Trinajstić information content (AvgIpc) is 2.87. The molecule has 0 amide bonds. The highest BCUT2D eigenvalue weighted by atomic mass is 35.5. The molecule has 112 valence electrons. The second-order valence-corrected chi connectivity index (χ2v) is 6.47. The van der Waals surface area contributed by atoms with Crippen LogP contribution in [0, 0.1) is 11.7 Å². The summed E-state index contributed by atoms with van der Waals surface area (Å²) in [4.78, 5) is 2.38. The van der Waals surface area contributed by atoms with Crippen molar-refractivity contribution in [2.45, 2.75) is 39.3 Å². The quantitative estimate of drug-likeness (QED) is 0.862. The number of hydrogen-bond donors (Lipinski definition) is 1. The Kier molecular flexibility index (Phi) is 5.82. The molecule has 1 fully saturated rings. The summed E-state index contributed by atoms with van der Waals surface area (Å²) in [5, 5.41) is 3.79. The van der Waals surface area contributed by atoms with Gasteiger partial charge in [0.1, 0.15) is 5.82 Å². The molecule has 1 heterocycles. The van der Waals surface area contributed by atoms with E-state index in [-0.39, 0.29) is 10.8 Å². The van der Waals surface area contributed by atoms with Crippen molar-refractivity contribution in [3.8, 4) is 0 Å². The topological polar surface area (TPSA) is 15.3 Å². The lowest BCUT2D eigenvalue weighted by Crippen LogP contribution is -2.39. The van der Waals surface area contributed by atoms with E-state index >= 15 is 0 Å². The lowest BCUT2D eigenvalue weighted by Gasteiger charge is -2.27. The molecule has 2 nitrogen and oxygen atoms in total. The van der Waals surface area contributed by atoms with Crippen LogP contribution in [-0.4, -0.2) is 30.6 Å². The second kappa shape index (κ2) is 7.39. The standard InChI is InChI=1S/C16H24ClFN2/c1-12(2)9-20(11-14-6-4-8-19-14)10-13-5-3-7-15(18)16(13)17/h3,5,7,12,14,19H,4,6,8-11H2,1-2H3. The van der Waals surface area contributed by atoms with Gasteiger partial charge >= 0.3 is 0 Å². The number of nitrogens with one attached hydrogen (secondary N) is 1. The Bertz CT molecular complexity index is 430. The average molecular weight is 299 g/mol. The second-order valence-electron chi connectivity index (χ2n) is 6.09. The van der Waals surface area contributed by atoms with Crippen LogP contribution in [0.3, 0.4) is 0 Å². The highest BCUT2D eigenvalue weighted by Crippen LogP contribution is 2.22. The van der Waals surface area contributed by atoms with Crippen LogP contribution < -0.4 is 5.32 Å². The Hall–Kier alpha value is -0.640. The molecular weight excluding hydrogens is 275 g/mol. The lowest BCUT2D eigenvalue weighted by molar-refractivity contribution is 0.216. The molecule has 0 spiro atoms. The Balaban J connectivity index is 2.03. The molecule has 2 rings (SSSR count). The number of hydrogen-bond acceptors (Lipinski definition) is 2. The third-order valence-electron chi connectivity index (χ3n) is 3.69. The van der Waals surface area contributed by atoms with E-state index in [9.17, 15) is 4.39 Å². The molecule has 0 saturated carbocycles. The Morgan fingerprint density at radius 1 is 1.45 bits per heavy atom. The van der Waals surface area contributed by atoms with E-state index in [1.165, 1.54) is 18.9 Å². The Morgan fingerprint density at radius 2 is 2.25 bits per heavy atom. The monoisotopic (exact) mass is 298 g/mol. The molecule has 0 radical (unpaired) electrons. The molecular formula is C16H24ClFN2. The Labute approximate surface area is 126 Å². The smallest absolute Gasteiger partial charge is 0.142 e. The first-order valence-corrected chi connectivity index (χ1v) is 7.82. The molecule has 0 aromatic heterocycles. The third kappa shape index (κ3) is 4.44. The van der Waals surface area contributed by atoms with E-state index < -0.39 is 0 Å². The highest BCUT2D eigenvalue weighted by molar-refractivity contribution is 6.31. The largest absolute Gasteiger partial charge is 0.313 e. The van der Waals surface area contributed by atoms with Gasteiger partial charge in [-0.2, -0.15) is 0 Å². The van der Waals surface area contributed by atoms with Crippen molar-refractivity contribution in [1.29, 1.82) is 0 Å². The minimum Gasteiger partial charge on any atom is -0.313 e. The molecule has 1 aromatic carbocycles. The van der Waals surface area contributed by atoms with Crippen molar-refractivity contribution in [3.05, 3.63) is 34.6 Å². The van der Waals surface area contributed by atoms with Gasteiger partial charge in [-0.3, -0.25) is 4.90 Å². The number of nitrogens with zero attached hydrogens (tertiary/aromatic N) is 1. The molecule has 1 N–H and O–H groups in total. The highest BCUT2D eigenvalue weighted by Gasteiger charge is 2.19. The van der Waals surface area contributed by atoms with Crippen LogP contribution in [0.2, 0.25) is 5.02 Å². The van der Waals surface area contributed by atoms with Crippen LogP contribution in [0.4, 0.5) is 4.39 Å². The molecule has 1 aliphatic rings. The first kappa shape index (κ1) is 15.7. The zero-order chi connectivity index (χ0) is 14.5. The maximum Gasteiger partial charge on any atom is 0.142 e. The van der Waals surface area contributed by atoms with Crippen molar-refractivity contribution in [2.75, 3.05) is 19.6 Å². The third-order valence-corrected chi connectivity index (χ3v) is 4.11. The van der Waals surface area contributed by atoms with Gasteiger partial charge in [0.15, 0.2) is 0 Å². The first-order chi connectivity index (χ1) is 9.56. The van der Waals surface area contributed by atoms with Gasteiger partial charge in [-0.05, 0) is 36.9 Å². The summed E-state index contributed by atoms with van der Waals surface area (Å²) in [7, 11) is 0. The SMILES string of the molecule is CC(C)CN(Cc1cccc(F)c1Cl)CC1CCCN1. The van der Waals surface area contributed by atoms with Gasteiger partial charge in [0.25, 0.3) is 0 Å². The van der Waals surface area contributed by atoms with Crippen molar-refractivity contribution >= 4 is 11.6 Å². The summed E-state index contributed by atoms with van der Waals surface area (Å²) >= 11 is 6.07. The van der Waals surface area contributed by atoms with E-state index in [2.05, 4.69) is 24.1 Å². The summed E-state index contributed by atoms with van der Waals surface area (Å²) in [6.07, 6.45) is 2.48. The minimum atomic E-state index is -0.326. The molecule has 1 aliphatic heterocycles. The molecule has 20 heavy (non-hydrogen) atoms.